The van der Waals surface area contributed by atoms with E-state index in [2.05, 4.69) is 19.6 Å². The molecule has 2 saturated carbocycles. The van der Waals surface area contributed by atoms with Crippen LogP contribution in [0.1, 0.15) is 45.4 Å². The van der Waals surface area contributed by atoms with Gasteiger partial charge in [-0.1, -0.05) is 24.6 Å². The van der Waals surface area contributed by atoms with Gasteiger partial charge in [0.25, 0.3) is 0 Å². The molecule has 1 saturated heterocycles. The Labute approximate surface area is 155 Å². The van der Waals surface area contributed by atoms with Crippen LogP contribution < -0.4 is 0 Å². The molecule has 6 atom stereocenters. The molecular weight excluding hydrogens is 332 g/mol. The molecule has 0 aromatic rings. The minimum absolute atomic E-state index is 0.000688. The first-order chi connectivity index (χ1) is 12.4. The van der Waals surface area contributed by atoms with E-state index in [0.717, 1.165) is 25.7 Å². The fourth-order valence-electron chi connectivity index (χ4n) is 6.39. The summed E-state index contributed by atoms with van der Waals surface area (Å²) >= 11 is 0. The smallest absolute Gasteiger partial charge is 0.172 e. The van der Waals surface area contributed by atoms with Crippen LogP contribution in [0, 0.1) is 22.7 Å². The van der Waals surface area contributed by atoms with Crippen molar-refractivity contribution >= 4 is 0 Å². The third-order valence-electron chi connectivity index (χ3n) is 7.79. The van der Waals surface area contributed by atoms with Gasteiger partial charge in [0.2, 0.25) is 0 Å². The minimum atomic E-state index is -0.683. The second-order valence-electron chi connectivity index (χ2n) is 9.09. The zero-order valence-corrected chi connectivity index (χ0v) is 15.7. The Kier molecular flexibility index (Phi) is 4.60. The van der Waals surface area contributed by atoms with Gasteiger partial charge >= 0.3 is 0 Å². The lowest BCUT2D eigenvalue weighted by molar-refractivity contribution is -0.205. The second-order valence-corrected chi connectivity index (χ2v) is 9.09. The molecule has 26 heavy (non-hydrogen) atoms. The van der Waals surface area contributed by atoms with Crippen LogP contribution in [0.5, 0.6) is 0 Å². The molecule has 1 spiro atoms. The summed E-state index contributed by atoms with van der Waals surface area (Å²) in [4.78, 5) is 0. The molecule has 4 aliphatic rings. The van der Waals surface area contributed by atoms with E-state index in [0.29, 0.717) is 26.1 Å². The highest BCUT2D eigenvalue weighted by Crippen LogP contribution is 2.61. The molecule has 0 aromatic heterocycles. The van der Waals surface area contributed by atoms with Gasteiger partial charge in [0, 0.05) is 18.3 Å². The van der Waals surface area contributed by atoms with Gasteiger partial charge in [-0.25, -0.2) is 0 Å². The molecule has 1 aliphatic heterocycles. The summed E-state index contributed by atoms with van der Waals surface area (Å²) in [5, 5.41) is 32.3. The maximum atomic E-state index is 11.2. The summed E-state index contributed by atoms with van der Waals surface area (Å²) in [6, 6.07) is 0. The average Bonchev–Trinajstić information content (AvgIpc) is 3.07. The van der Waals surface area contributed by atoms with Crippen molar-refractivity contribution in [1.29, 1.82) is 0 Å². The first kappa shape index (κ1) is 18.6. The summed E-state index contributed by atoms with van der Waals surface area (Å²) in [5.41, 5.74) is 0.468. The summed E-state index contributed by atoms with van der Waals surface area (Å²) in [7, 11) is 0. The third kappa shape index (κ3) is 2.55. The SMILES string of the molecule is C=CC[C@]1(CO)C[C@H](O)[C@@H]2[C@H](CC=C3CC4(CC[C@@]32C)OCCO4)[C@H]1O. The average molecular weight is 364 g/mol. The Bertz CT molecular complexity index is 595. The molecule has 0 aromatic carbocycles. The van der Waals surface area contributed by atoms with Crippen molar-refractivity contribution in [2.45, 2.75) is 63.4 Å². The number of allylic oxidation sites excluding steroid dienone is 2. The van der Waals surface area contributed by atoms with Crippen LogP contribution in [0.3, 0.4) is 0 Å². The molecule has 3 aliphatic carbocycles. The van der Waals surface area contributed by atoms with E-state index in [1.807, 2.05) is 0 Å². The predicted molar refractivity (Wildman–Crippen MR) is 97.2 cm³/mol. The van der Waals surface area contributed by atoms with Crippen LogP contribution in [0.15, 0.2) is 24.3 Å². The fourth-order valence-corrected chi connectivity index (χ4v) is 6.39. The van der Waals surface area contributed by atoms with Gasteiger partial charge in [-0.15, -0.1) is 6.58 Å². The number of aliphatic hydroxyl groups is 3. The quantitative estimate of drug-likeness (QED) is 0.669. The lowest BCUT2D eigenvalue weighted by Crippen LogP contribution is -2.61. The van der Waals surface area contributed by atoms with Gasteiger partial charge in [-0.05, 0) is 42.9 Å². The topological polar surface area (TPSA) is 79.2 Å². The summed E-state index contributed by atoms with van der Waals surface area (Å²) in [6.07, 6.45) is 6.94. The van der Waals surface area contributed by atoms with Crippen molar-refractivity contribution in [3.05, 3.63) is 24.3 Å². The third-order valence-corrected chi connectivity index (χ3v) is 7.79. The monoisotopic (exact) mass is 364 g/mol. The molecule has 146 valence electrons. The van der Waals surface area contributed by atoms with Gasteiger partial charge in [-0.2, -0.15) is 0 Å². The molecule has 3 fully saturated rings. The maximum Gasteiger partial charge on any atom is 0.172 e. The van der Waals surface area contributed by atoms with Crippen LogP contribution in [-0.4, -0.2) is 53.1 Å². The van der Waals surface area contributed by atoms with Crippen molar-refractivity contribution in [2.24, 2.45) is 22.7 Å². The van der Waals surface area contributed by atoms with Gasteiger partial charge < -0.3 is 24.8 Å². The van der Waals surface area contributed by atoms with Gasteiger partial charge in [0.15, 0.2) is 5.79 Å². The molecule has 5 heteroatoms. The van der Waals surface area contributed by atoms with Gasteiger partial charge in [0.1, 0.15) is 0 Å². The van der Waals surface area contributed by atoms with Crippen molar-refractivity contribution in [1.82, 2.24) is 0 Å². The van der Waals surface area contributed by atoms with Gasteiger partial charge in [0.05, 0.1) is 32.0 Å². The Morgan fingerprint density at radius 2 is 2.00 bits per heavy atom. The number of rotatable bonds is 3. The van der Waals surface area contributed by atoms with Crippen LogP contribution in [0.2, 0.25) is 0 Å². The molecule has 5 nitrogen and oxygen atoms in total. The first-order valence-electron chi connectivity index (χ1n) is 9.95. The van der Waals surface area contributed by atoms with Crippen LogP contribution >= 0.6 is 0 Å². The highest BCUT2D eigenvalue weighted by atomic mass is 16.7. The van der Waals surface area contributed by atoms with E-state index in [-0.39, 0.29) is 23.9 Å². The minimum Gasteiger partial charge on any atom is -0.396 e. The van der Waals surface area contributed by atoms with Crippen molar-refractivity contribution in [3.63, 3.8) is 0 Å². The summed E-state index contributed by atoms with van der Waals surface area (Å²) in [6.45, 7) is 7.19. The normalized spacial score (nSPS) is 47.2. The van der Waals surface area contributed by atoms with Crippen molar-refractivity contribution in [2.75, 3.05) is 19.8 Å². The highest BCUT2D eigenvalue weighted by Gasteiger charge is 2.60. The Balaban J connectivity index is 1.66. The summed E-state index contributed by atoms with van der Waals surface area (Å²) < 4.78 is 11.8. The molecule has 4 rings (SSSR count). The maximum absolute atomic E-state index is 11.2. The largest absolute Gasteiger partial charge is 0.396 e. The zero-order valence-electron chi connectivity index (χ0n) is 15.7. The lowest BCUT2D eigenvalue weighted by Gasteiger charge is -2.59. The van der Waals surface area contributed by atoms with E-state index < -0.39 is 23.4 Å². The highest BCUT2D eigenvalue weighted by molar-refractivity contribution is 5.27. The predicted octanol–water partition coefficient (Wildman–Crippen LogP) is 2.16. The molecule has 0 bridgehead atoms. The number of fused-ring (bicyclic) bond motifs is 3. The van der Waals surface area contributed by atoms with E-state index in [1.54, 1.807) is 6.08 Å². The van der Waals surface area contributed by atoms with Crippen molar-refractivity contribution in [3.8, 4) is 0 Å². The second kappa shape index (κ2) is 6.42. The zero-order chi connectivity index (χ0) is 18.6. The number of hydrogen-bond acceptors (Lipinski definition) is 5. The van der Waals surface area contributed by atoms with E-state index in [1.165, 1.54) is 5.57 Å². The van der Waals surface area contributed by atoms with Crippen LogP contribution in [0.4, 0.5) is 0 Å². The van der Waals surface area contributed by atoms with E-state index in [4.69, 9.17) is 9.47 Å². The Morgan fingerprint density at radius 3 is 2.65 bits per heavy atom. The van der Waals surface area contributed by atoms with Gasteiger partial charge in [-0.3, -0.25) is 0 Å². The lowest BCUT2D eigenvalue weighted by atomic mass is 9.48. The van der Waals surface area contributed by atoms with Crippen molar-refractivity contribution < 1.29 is 24.8 Å². The van der Waals surface area contributed by atoms with E-state index >= 15 is 0 Å². The number of hydrogen-bond donors (Lipinski definition) is 3. The Hall–Kier alpha value is -0.720. The molecular formula is C21H32O5. The van der Waals surface area contributed by atoms with Crippen LogP contribution in [-0.2, 0) is 9.47 Å². The fraction of sp³-hybridized carbons (Fsp3) is 0.810. The first-order valence-corrected chi connectivity index (χ1v) is 9.95. The molecule has 1 heterocycles. The number of aliphatic hydroxyl groups excluding tert-OH is 3. The standard InChI is InChI=1S/C21H32O5/c1-3-6-20(13-22)12-16(23)17-15(18(20)24)5-4-14-11-21(25-9-10-26-21)8-7-19(14,17)2/h3-4,15-18,22-24H,1,5-13H2,2H3/t15-,16-,17-,18+,19-,20+/m0/s1. The molecule has 3 N–H and O–H groups in total. The molecule has 0 radical (unpaired) electrons. The number of ether oxygens (including phenoxy) is 2. The van der Waals surface area contributed by atoms with Crippen LogP contribution in [0.25, 0.3) is 0 Å². The summed E-state index contributed by atoms with van der Waals surface area (Å²) in [5.74, 6) is -0.520. The molecule has 0 unspecified atom stereocenters. The van der Waals surface area contributed by atoms with E-state index in [9.17, 15) is 15.3 Å². The molecule has 0 amide bonds. The Morgan fingerprint density at radius 1 is 1.27 bits per heavy atom.